The summed E-state index contributed by atoms with van der Waals surface area (Å²) in [6.45, 7) is 7.70. The summed E-state index contributed by atoms with van der Waals surface area (Å²) in [4.78, 5) is 11.3. The molecule has 1 aromatic rings. The van der Waals surface area contributed by atoms with Gasteiger partial charge in [0, 0.05) is 11.4 Å². The Morgan fingerprint density at radius 1 is 1.32 bits per heavy atom. The lowest BCUT2D eigenvalue weighted by Crippen LogP contribution is -2.40. The number of nitrogens with one attached hydrogen (secondary N) is 1. The van der Waals surface area contributed by atoms with Crippen molar-refractivity contribution in [2.24, 2.45) is 0 Å². The number of methoxy groups -OCH3 is 1. The van der Waals surface area contributed by atoms with Crippen LogP contribution in [0.4, 0.5) is 0 Å². The fourth-order valence-corrected chi connectivity index (χ4v) is 2.24. The first-order valence-electron chi connectivity index (χ1n) is 6.12. The summed E-state index contributed by atoms with van der Waals surface area (Å²) in [6, 6.07) is 7.04. The van der Waals surface area contributed by atoms with Crippen LogP contribution in [0.5, 0.6) is 0 Å². The van der Waals surface area contributed by atoms with Crippen LogP contribution in [-0.2, 0) is 16.1 Å². The van der Waals surface area contributed by atoms with E-state index in [1.807, 2.05) is 39.8 Å². The predicted octanol–water partition coefficient (Wildman–Crippen LogP) is 2.59. The molecule has 106 valence electrons. The standard InChI is InChI=1S/C14H21NO3S/c1-10(15-19(17)14(2,3)4)11-6-8-12(9-7-11)13(16)18-5/h6-10,15H,1-5H3/t10-,19-/m0/s1. The molecule has 1 aromatic carbocycles. The third-order valence-corrected chi connectivity index (χ3v) is 4.35. The Morgan fingerprint density at radius 2 is 1.84 bits per heavy atom. The molecular weight excluding hydrogens is 262 g/mol. The molecule has 0 radical (unpaired) electrons. The van der Waals surface area contributed by atoms with Gasteiger partial charge in [-0.2, -0.15) is 0 Å². The van der Waals surface area contributed by atoms with Gasteiger partial charge in [0.1, 0.15) is 4.75 Å². The molecule has 0 aliphatic heterocycles. The molecule has 0 aliphatic rings. The third-order valence-electron chi connectivity index (χ3n) is 2.67. The zero-order valence-corrected chi connectivity index (χ0v) is 12.8. The summed E-state index contributed by atoms with van der Waals surface area (Å²) in [5.41, 5.74) is 1.49. The van der Waals surface area contributed by atoms with Gasteiger partial charge in [-0.15, -0.1) is 4.72 Å². The average molecular weight is 283 g/mol. The van der Waals surface area contributed by atoms with E-state index in [2.05, 4.69) is 9.46 Å². The maximum atomic E-state index is 12.0. The Morgan fingerprint density at radius 3 is 2.26 bits per heavy atom. The van der Waals surface area contributed by atoms with E-state index in [1.54, 1.807) is 12.1 Å². The van der Waals surface area contributed by atoms with Gasteiger partial charge in [0.25, 0.3) is 0 Å². The molecule has 0 saturated carbocycles. The Labute approximate surface area is 117 Å². The fourth-order valence-electron chi connectivity index (χ4n) is 1.43. The Hall–Kier alpha value is -1.04. The number of benzene rings is 1. The molecule has 0 aromatic heterocycles. The minimum absolute atomic E-state index is 0.0493. The monoisotopic (exact) mass is 283 g/mol. The highest BCUT2D eigenvalue weighted by Crippen LogP contribution is 2.20. The number of hydrogen-bond acceptors (Lipinski definition) is 4. The van der Waals surface area contributed by atoms with E-state index in [9.17, 15) is 9.35 Å². The molecule has 0 unspecified atom stereocenters. The van der Waals surface area contributed by atoms with Crippen LogP contribution in [0.1, 0.15) is 49.7 Å². The molecule has 0 fully saturated rings. The van der Waals surface area contributed by atoms with Crippen molar-refractivity contribution in [1.29, 1.82) is 0 Å². The van der Waals surface area contributed by atoms with Crippen molar-refractivity contribution in [3.05, 3.63) is 35.4 Å². The second kappa shape index (κ2) is 6.41. The highest BCUT2D eigenvalue weighted by molar-refractivity contribution is 7.90. The van der Waals surface area contributed by atoms with E-state index >= 15 is 0 Å². The predicted molar refractivity (Wildman–Crippen MR) is 77.2 cm³/mol. The molecule has 5 heteroatoms. The van der Waals surface area contributed by atoms with Crippen molar-refractivity contribution in [2.45, 2.75) is 38.5 Å². The Kier molecular flexibility index (Phi) is 5.40. The number of carbonyl (C=O) groups excluding carboxylic acids is 1. The highest BCUT2D eigenvalue weighted by atomic mass is 32.2. The summed E-state index contributed by atoms with van der Waals surface area (Å²) in [6.07, 6.45) is 0. The molecule has 19 heavy (non-hydrogen) atoms. The summed E-state index contributed by atoms with van der Waals surface area (Å²) in [7, 11) is 1.35. The topological polar surface area (TPSA) is 61.4 Å². The van der Waals surface area contributed by atoms with Crippen LogP contribution < -0.4 is 4.72 Å². The van der Waals surface area contributed by atoms with Crippen LogP contribution in [-0.4, -0.2) is 22.4 Å². The number of carbonyl (C=O) groups is 1. The molecular formula is C14H21NO3S. The van der Waals surface area contributed by atoms with Gasteiger partial charge in [0.05, 0.1) is 18.7 Å². The van der Waals surface area contributed by atoms with Gasteiger partial charge in [-0.05, 0) is 45.4 Å². The van der Waals surface area contributed by atoms with Gasteiger partial charge in [-0.25, -0.2) is 4.79 Å². The van der Waals surface area contributed by atoms with Crippen molar-refractivity contribution in [3.8, 4) is 0 Å². The minimum Gasteiger partial charge on any atom is -0.598 e. The Bertz CT molecular complexity index is 425. The van der Waals surface area contributed by atoms with Crippen LogP contribution in [0.2, 0.25) is 0 Å². The molecule has 0 saturated heterocycles. The molecule has 0 amide bonds. The summed E-state index contributed by atoms with van der Waals surface area (Å²) in [5.74, 6) is -0.356. The van der Waals surface area contributed by atoms with E-state index < -0.39 is 11.4 Å². The average Bonchev–Trinajstić information content (AvgIpc) is 2.36. The number of ether oxygens (including phenoxy) is 1. The van der Waals surface area contributed by atoms with Gasteiger partial charge < -0.3 is 9.29 Å². The van der Waals surface area contributed by atoms with Crippen molar-refractivity contribution in [3.63, 3.8) is 0 Å². The number of hydrogen-bond donors (Lipinski definition) is 1. The zero-order valence-electron chi connectivity index (χ0n) is 12.0. The smallest absolute Gasteiger partial charge is 0.337 e. The Balaban J connectivity index is 2.73. The quantitative estimate of drug-likeness (QED) is 0.681. The van der Waals surface area contributed by atoms with Gasteiger partial charge >= 0.3 is 5.97 Å². The van der Waals surface area contributed by atoms with Crippen molar-refractivity contribution < 1.29 is 14.1 Å². The molecule has 1 N–H and O–H groups in total. The van der Waals surface area contributed by atoms with E-state index in [0.717, 1.165) is 5.56 Å². The fraction of sp³-hybridized carbons (Fsp3) is 0.500. The van der Waals surface area contributed by atoms with Gasteiger partial charge in [0.15, 0.2) is 0 Å². The summed E-state index contributed by atoms with van der Waals surface area (Å²) >= 11 is -1.13. The highest BCUT2D eigenvalue weighted by Gasteiger charge is 2.28. The third kappa shape index (κ3) is 4.53. The lowest BCUT2D eigenvalue weighted by molar-refractivity contribution is 0.0600. The lowest BCUT2D eigenvalue weighted by Gasteiger charge is -2.26. The molecule has 0 bridgehead atoms. The van der Waals surface area contributed by atoms with Crippen LogP contribution in [0.15, 0.2) is 24.3 Å². The van der Waals surface area contributed by atoms with E-state index in [-0.39, 0.29) is 16.8 Å². The molecule has 0 heterocycles. The molecule has 1 rings (SSSR count). The van der Waals surface area contributed by atoms with Crippen molar-refractivity contribution >= 4 is 17.3 Å². The van der Waals surface area contributed by atoms with Gasteiger partial charge in [0.2, 0.25) is 0 Å². The normalized spacial score (nSPS) is 14.8. The van der Waals surface area contributed by atoms with Crippen molar-refractivity contribution in [2.75, 3.05) is 7.11 Å². The van der Waals surface area contributed by atoms with Crippen LogP contribution >= 0.6 is 0 Å². The maximum Gasteiger partial charge on any atom is 0.337 e. The van der Waals surface area contributed by atoms with E-state index in [0.29, 0.717) is 5.56 Å². The van der Waals surface area contributed by atoms with E-state index in [4.69, 9.17) is 0 Å². The van der Waals surface area contributed by atoms with Crippen LogP contribution in [0.3, 0.4) is 0 Å². The first kappa shape index (κ1) is 16.0. The molecule has 2 atom stereocenters. The minimum atomic E-state index is -1.13. The van der Waals surface area contributed by atoms with Gasteiger partial charge in [-0.1, -0.05) is 12.1 Å². The zero-order chi connectivity index (χ0) is 14.6. The molecule has 0 aliphatic carbocycles. The SMILES string of the molecule is COC(=O)c1ccc([C@H](C)N[S@@+]([O-])C(C)(C)C)cc1. The second-order valence-corrected chi connectivity index (χ2v) is 7.33. The lowest BCUT2D eigenvalue weighted by atomic mass is 10.1. The molecule has 0 spiro atoms. The van der Waals surface area contributed by atoms with Crippen LogP contribution in [0.25, 0.3) is 0 Å². The largest absolute Gasteiger partial charge is 0.598 e. The summed E-state index contributed by atoms with van der Waals surface area (Å²) in [5, 5.41) is 0. The number of esters is 1. The first-order valence-corrected chi connectivity index (χ1v) is 7.27. The second-order valence-electron chi connectivity index (χ2n) is 5.33. The number of rotatable bonds is 4. The maximum absolute atomic E-state index is 12.0. The van der Waals surface area contributed by atoms with E-state index in [1.165, 1.54) is 7.11 Å². The first-order chi connectivity index (χ1) is 8.75. The summed E-state index contributed by atoms with van der Waals surface area (Å²) < 4.78 is 19.4. The van der Waals surface area contributed by atoms with Crippen molar-refractivity contribution in [1.82, 2.24) is 4.72 Å². The van der Waals surface area contributed by atoms with Crippen LogP contribution in [0, 0.1) is 0 Å². The van der Waals surface area contributed by atoms with Gasteiger partial charge in [-0.3, -0.25) is 0 Å². The molecule has 4 nitrogen and oxygen atoms in total.